The molecule has 0 amide bonds. The van der Waals surface area contributed by atoms with Crippen LogP contribution in [-0.4, -0.2) is 53.2 Å². The lowest BCUT2D eigenvalue weighted by Crippen LogP contribution is -2.48. The van der Waals surface area contributed by atoms with E-state index in [2.05, 4.69) is 70.8 Å². The van der Waals surface area contributed by atoms with Crippen LogP contribution in [-0.2, 0) is 29.9 Å². The first-order valence-corrected chi connectivity index (χ1v) is 20.1. The maximum atomic E-state index is 13.0. The molecule has 1 aliphatic carbocycles. The van der Waals surface area contributed by atoms with E-state index < -0.39 is 18.4 Å². The molecule has 0 N–H and O–H groups in total. The third kappa shape index (κ3) is 6.45. The SMILES string of the molecule is Cc1ccc(S(=O)(=O)OC[C@H]2C[C@@H](CCCO[Si](C)(C)C(C)(C)C)N3[C@@H](C2)O[C@@H]2Cc4cccc(C(C)C)c4[C@@H]23)cc1. The first-order valence-electron chi connectivity index (χ1n) is 15.8. The lowest BCUT2D eigenvalue weighted by molar-refractivity contribution is -0.0684. The number of hydrogen-bond acceptors (Lipinski definition) is 6. The molecular formula is C34H51NO5SSi. The van der Waals surface area contributed by atoms with Crippen molar-refractivity contribution in [3.8, 4) is 0 Å². The summed E-state index contributed by atoms with van der Waals surface area (Å²) in [5, 5.41) is 0.186. The normalized spacial score (nSPS) is 26.4. The lowest BCUT2D eigenvalue weighted by Gasteiger charge is -2.43. The van der Waals surface area contributed by atoms with Crippen molar-refractivity contribution in [3.05, 3.63) is 64.7 Å². The summed E-state index contributed by atoms with van der Waals surface area (Å²) in [7, 11) is -5.62. The van der Waals surface area contributed by atoms with Crippen LogP contribution in [0.2, 0.25) is 18.1 Å². The Balaban J connectivity index is 1.34. The fourth-order valence-electron chi connectivity index (χ4n) is 6.86. The lowest BCUT2D eigenvalue weighted by atomic mass is 9.85. The number of fused-ring (bicyclic) bond motifs is 5. The van der Waals surface area contributed by atoms with Crippen LogP contribution in [0.1, 0.15) is 94.5 Å². The Morgan fingerprint density at radius 1 is 1.07 bits per heavy atom. The van der Waals surface area contributed by atoms with Gasteiger partial charge in [-0.05, 0) is 91.4 Å². The fourth-order valence-corrected chi connectivity index (χ4v) is 8.92. The van der Waals surface area contributed by atoms with Gasteiger partial charge in [0, 0.05) is 19.1 Å². The number of piperidine rings is 1. The standard InChI is InChI=1S/C34H51NO5SSi/c1-23(2)29-13-9-11-26-21-30-33(32(26)29)35-27(12-10-18-39-42(7,8)34(4,5)6)19-25(20-31(35)40-30)22-38-41(36,37)28-16-14-24(3)15-17-28/h9,11,13-17,23,25,27,30-31,33H,10,12,18-22H2,1-8H3/t25-,27+,30+,31+,33+/m0/s1. The minimum Gasteiger partial charge on any atom is -0.417 e. The summed E-state index contributed by atoms with van der Waals surface area (Å²) in [5.74, 6) is 0.559. The van der Waals surface area contributed by atoms with E-state index in [4.69, 9.17) is 13.3 Å². The molecule has 0 saturated carbocycles. The van der Waals surface area contributed by atoms with Crippen LogP contribution in [0.4, 0.5) is 0 Å². The number of nitrogens with zero attached hydrogens (tertiary/aromatic N) is 1. The Kier molecular flexibility index (Phi) is 9.17. The van der Waals surface area contributed by atoms with Gasteiger partial charge in [0.25, 0.3) is 10.1 Å². The molecule has 5 atom stereocenters. The fraction of sp³-hybridized carbons (Fsp3) is 0.647. The van der Waals surface area contributed by atoms with Crippen molar-refractivity contribution in [2.75, 3.05) is 13.2 Å². The summed E-state index contributed by atoms with van der Waals surface area (Å²) in [6.45, 7) is 18.9. The van der Waals surface area contributed by atoms with Gasteiger partial charge in [-0.1, -0.05) is 70.5 Å². The van der Waals surface area contributed by atoms with E-state index in [0.29, 0.717) is 5.92 Å². The first-order chi connectivity index (χ1) is 19.7. The molecule has 0 aromatic heterocycles. The van der Waals surface area contributed by atoms with E-state index in [1.807, 2.05) is 19.1 Å². The smallest absolute Gasteiger partial charge is 0.296 e. The molecule has 0 unspecified atom stereocenters. The molecule has 0 spiro atoms. The molecule has 232 valence electrons. The zero-order valence-corrected chi connectivity index (χ0v) is 28.7. The zero-order chi connectivity index (χ0) is 30.4. The van der Waals surface area contributed by atoms with Crippen molar-refractivity contribution in [2.24, 2.45) is 5.92 Å². The molecule has 2 aromatic rings. The highest BCUT2D eigenvalue weighted by atomic mass is 32.2. The molecular weight excluding hydrogens is 563 g/mol. The van der Waals surface area contributed by atoms with Crippen LogP contribution in [0.5, 0.6) is 0 Å². The minimum absolute atomic E-state index is 0.0240. The molecule has 0 bridgehead atoms. The molecule has 6 nitrogen and oxygen atoms in total. The number of aryl methyl sites for hydroxylation is 1. The first kappa shape index (κ1) is 31.9. The number of benzene rings is 2. The Hall–Kier alpha value is -1.55. The molecule has 2 saturated heterocycles. The summed E-state index contributed by atoms with van der Waals surface area (Å²) in [5.41, 5.74) is 5.34. The molecule has 2 fully saturated rings. The van der Waals surface area contributed by atoms with Crippen molar-refractivity contribution in [3.63, 3.8) is 0 Å². The van der Waals surface area contributed by atoms with E-state index in [-0.39, 0.29) is 46.9 Å². The average molecular weight is 614 g/mol. The third-order valence-electron chi connectivity index (χ3n) is 10.2. The van der Waals surface area contributed by atoms with Gasteiger partial charge in [0.15, 0.2) is 8.32 Å². The number of rotatable bonds is 10. The molecule has 8 heteroatoms. The van der Waals surface area contributed by atoms with Gasteiger partial charge in [0.1, 0.15) is 6.23 Å². The predicted octanol–water partition coefficient (Wildman–Crippen LogP) is 7.73. The second kappa shape index (κ2) is 12.1. The van der Waals surface area contributed by atoms with Crippen LogP contribution in [0.3, 0.4) is 0 Å². The summed E-state index contributed by atoms with van der Waals surface area (Å²) in [4.78, 5) is 2.87. The van der Waals surface area contributed by atoms with E-state index in [0.717, 1.165) is 44.3 Å². The van der Waals surface area contributed by atoms with Crippen molar-refractivity contribution in [2.45, 2.75) is 127 Å². The summed E-state index contributed by atoms with van der Waals surface area (Å²) < 4.78 is 45.0. The summed E-state index contributed by atoms with van der Waals surface area (Å²) in [6.07, 6.45) is 4.72. The van der Waals surface area contributed by atoms with E-state index in [9.17, 15) is 8.42 Å². The van der Waals surface area contributed by atoms with Crippen molar-refractivity contribution in [1.29, 1.82) is 0 Å². The molecule has 2 heterocycles. The highest BCUT2D eigenvalue weighted by Gasteiger charge is 2.53. The van der Waals surface area contributed by atoms with Crippen LogP contribution in [0.15, 0.2) is 47.4 Å². The monoisotopic (exact) mass is 613 g/mol. The van der Waals surface area contributed by atoms with Crippen LogP contribution < -0.4 is 0 Å². The topological polar surface area (TPSA) is 65.1 Å². The predicted molar refractivity (Wildman–Crippen MR) is 171 cm³/mol. The van der Waals surface area contributed by atoms with Gasteiger partial charge in [0.2, 0.25) is 0 Å². The van der Waals surface area contributed by atoms with Gasteiger partial charge in [0.05, 0.1) is 23.6 Å². The van der Waals surface area contributed by atoms with E-state index in [1.165, 1.54) is 16.7 Å². The maximum absolute atomic E-state index is 13.0. The van der Waals surface area contributed by atoms with Gasteiger partial charge >= 0.3 is 0 Å². The van der Waals surface area contributed by atoms with Crippen LogP contribution in [0.25, 0.3) is 0 Å². The van der Waals surface area contributed by atoms with Crippen molar-refractivity contribution in [1.82, 2.24) is 4.90 Å². The molecule has 42 heavy (non-hydrogen) atoms. The largest absolute Gasteiger partial charge is 0.417 e. The van der Waals surface area contributed by atoms with E-state index in [1.54, 1.807) is 12.1 Å². The minimum atomic E-state index is -3.81. The summed E-state index contributed by atoms with van der Waals surface area (Å²) >= 11 is 0. The third-order valence-corrected chi connectivity index (χ3v) is 16.0. The van der Waals surface area contributed by atoms with Crippen molar-refractivity contribution >= 4 is 18.4 Å². The van der Waals surface area contributed by atoms with Gasteiger partial charge in [-0.3, -0.25) is 9.08 Å². The van der Waals surface area contributed by atoms with Gasteiger partial charge in [-0.15, -0.1) is 0 Å². The van der Waals surface area contributed by atoms with Gasteiger partial charge in [-0.25, -0.2) is 0 Å². The second-order valence-electron chi connectivity index (χ2n) is 14.6. The van der Waals surface area contributed by atoms with Crippen LogP contribution in [0, 0.1) is 12.8 Å². The Labute approximate surface area is 255 Å². The van der Waals surface area contributed by atoms with E-state index >= 15 is 0 Å². The van der Waals surface area contributed by atoms with Gasteiger partial charge < -0.3 is 9.16 Å². The van der Waals surface area contributed by atoms with Crippen molar-refractivity contribution < 1.29 is 21.8 Å². The highest BCUT2D eigenvalue weighted by molar-refractivity contribution is 7.86. The second-order valence-corrected chi connectivity index (χ2v) is 21.0. The number of ether oxygens (including phenoxy) is 1. The average Bonchev–Trinajstić information content (AvgIpc) is 3.45. The molecule has 2 aliphatic heterocycles. The number of hydrogen-bond donors (Lipinski definition) is 0. The molecule has 3 aliphatic rings. The Bertz CT molecular complexity index is 1350. The molecule has 5 rings (SSSR count). The Morgan fingerprint density at radius 2 is 1.79 bits per heavy atom. The Morgan fingerprint density at radius 3 is 2.45 bits per heavy atom. The molecule has 2 aromatic carbocycles. The molecule has 0 radical (unpaired) electrons. The zero-order valence-electron chi connectivity index (χ0n) is 26.9. The highest BCUT2D eigenvalue weighted by Crippen LogP contribution is 2.52. The quantitative estimate of drug-likeness (QED) is 0.155. The maximum Gasteiger partial charge on any atom is 0.296 e. The summed E-state index contributed by atoms with van der Waals surface area (Å²) in [6, 6.07) is 14.2. The van der Waals surface area contributed by atoms with Crippen LogP contribution >= 0.6 is 0 Å². The van der Waals surface area contributed by atoms with Gasteiger partial charge in [-0.2, -0.15) is 8.42 Å².